The quantitative estimate of drug-likeness (QED) is 0.605. The molecule has 3 heterocycles. The van der Waals surface area contributed by atoms with Crippen molar-refractivity contribution in [3.63, 3.8) is 0 Å². The highest BCUT2D eigenvalue weighted by Crippen LogP contribution is 2.33. The summed E-state index contributed by atoms with van der Waals surface area (Å²) in [7, 11) is 1.71. The van der Waals surface area contributed by atoms with Crippen LogP contribution in [0.15, 0.2) is 27.8 Å². The van der Waals surface area contributed by atoms with E-state index in [1.807, 2.05) is 4.57 Å². The highest BCUT2D eigenvalue weighted by atomic mass is 16.2. The van der Waals surface area contributed by atoms with Gasteiger partial charge in [0.1, 0.15) is 0 Å². The first-order valence-corrected chi connectivity index (χ1v) is 10.9. The van der Waals surface area contributed by atoms with Crippen LogP contribution in [0.4, 0.5) is 11.6 Å². The third kappa shape index (κ3) is 3.26. The molecule has 0 fully saturated rings. The fraction of sp³-hybridized carbons (Fsp3) is 0.522. The van der Waals surface area contributed by atoms with E-state index in [9.17, 15) is 9.59 Å². The Morgan fingerprint density at radius 3 is 2.57 bits per heavy atom. The van der Waals surface area contributed by atoms with Crippen LogP contribution < -0.4 is 16.1 Å². The fourth-order valence-electron chi connectivity index (χ4n) is 4.33. The summed E-state index contributed by atoms with van der Waals surface area (Å²) >= 11 is 0. The minimum absolute atomic E-state index is 0.225. The molecular formula is C23H31N5O2. The topological polar surface area (TPSA) is 65.1 Å². The second-order valence-corrected chi connectivity index (χ2v) is 8.68. The minimum atomic E-state index is -0.287. The summed E-state index contributed by atoms with van der Waals surface area (Å²) in [4.78, 5) is 33.2. The first-order chi connectivity index (χ1) is 14.3. The molecule has 7 nitrogen and oxygen atoms in total. The summed E-state index contributed by atoms with van der Waals surface area (Å²) in [5, 5.41) is 0. The second kappa shape index (κ2) is 7.78. The van der Waals surface area contributed by atoms with Gasteiger partial charge in [0.15, 0.2) is 11.2 Å². The Labute approximate surface area is 176 Å². The van der Waals surface area contributed by atoms with Gasteiger partial charge < -0.3 is 9.47 Å². The molecule has 160 valence electrons. The third-order valence-corrected chi connectivity index (χ3v) is 6.23. The molecule has 0 radical (unpaired) electrons. The van der Waals surface area contributed by atoms with Gasteiger partial charge in [-0.15, -0.1) is 0 Å². The fourth-order valence-corrected chi connectivity index (χ4v) is 4.33. The molecule has 30 heavy (non-hydrogen) atoms. The van der Waals surface area contributed by atoms with Crippen molar-refractivity contribution in [3.05, 3.63) is 50.2 Å². The van der Waals surface area contributed by atoms with Crippen molar-refractivity contribution in [2.45, 2.75) is 60.0 Å². The van der Waals surface area contributed by atoms with E-state index in [-0.39, 0.29) is 11.2 Å². The molecule has 1 aliphatic rings. The van der Waals surface area contributed by atoms with Crippen molar-refractivity contribution < 1.29 is 0 Å². The highest BCUT2D eigenvalue weighted by molar-refractivity contribution is 5.77. The Morgan fingerprint density at radius 2 is 1.87 bits per heavy atom. The number of rotatable bonds is 5. The maximum atomic E-state index is 13.3. The molecular weight excluding hydrogens is 378 g/mol. The van der Waals surface area contributed by atoms with E-state index in [2.05, 4.69) is 50.8 Å². The Morgan fingerprint density at radius 1 is 1.10 bits per heavy atom. The molecule has 0 saturated heterocycles. The van der Waals surface area contributed by atoms with Crippen molar-refractivity contribution in [3.8, 4) is 0 Å². The summed E-state index contributed by atoms with van der Waals surface area (Å²) in [6.45, 7) is 10.5. The molecule has 7 heteroatoms. The van der Waals surface area contributed by atoms with Crippen molar-refractivity contribution in [1.82, 2.24) is 18.7 Å². The van der Waals surface area contributed by atoms with E-state index < -0.39 is 0 Å². The molecule has 0 aliphatic carbocycles. The molecule has 0 amide bonds. The van der Waals surface area contributed by atoms with E-state index in [1.165, 1.54) is 20.3 Å². The Kier molecular flexibility index (Phi) is 5.30. The lowest BCUT2D eigenvalue weighted by atomic mass is 10.1. The average Bonchev–Trinajstić information content (AvgIpc) is 3.10. The summed E-state index contributed by atoms with van der Waals surface area (Å²) in [6, 6.07) is 6.39. The molecule has 1 aromatic carbocycles. The lowest BCUT2D eigenvalue weighted by Gasteiger charge is -2.33. The van der Waals surface area contributed by atoms with E-state index in [0.717, 1.165) is 44.0 Å². The van der Waals surface area contributed by atoms with Gasteiger partial charge in [0, 0.05) is 32.4 Å². The zero-order chi connectivity index (χ0) is 21.6. The predicted molar refractivity (Wildman–Crippen MR) is 121 cm³/mol. The maximum Gasteiger partial charge on any atom is 0.332 e. The maximum absolute atomic E-state index is 13.3. The van der Waals surface area contributed by atoms with Crippen LogP contribution in [0.5, 0.6) is 0 Å². The molecule has 3 aromatic rings. The van der Waals surface area contributed by atoms with Crippen LogP contribution in [-0.2, 0) is 20.1 Å². The van der Waals surface area contributed by atoms with Gasteiger partial charge in [0.05, 0.1) is 0 Å². The number of imidazole rings is 1. The Hall–Kier alpha value is -2.83. The lowest BCUT2D eigenvalue weighted by Crippen LogP contribution is -2.40. The summed E-state index contributed by atoms with van der Waals surface area (Å²) in [6.07, 6.45) is 2.86. The number of benzene rings is 1. The van der Waals surface area contributed by atoms with Gasteiger partial charge >= 0.3 is 5.69 Å². The van der Waals surface area contributed by atoms with Crippen LogP contribution in [0.25, 0.3) is 11.2 Å². The lowest BCUT2D eigenvalue weighted by molar-refractivity contribution is 0.457. The molecule has 0 bridgehead atoms. The van der Waals surface area contributed by atoms with Crippen molar-refractivity contribution in [2.75, 3.05) is 11.4 Å². The van der Waals surface area contributed by atoms with E-state index in [0.29, 0.717) is 23.6 Å². The van der Waals surface area contributed by atoms with Gasteiger partial charge in [-0.1, -0.05) is 32.8 Å². The van der Waals surface area contributed by atoms with Gasteiger partial charge in [-0.3, -0.25) is 13.9 Å². The van der Waals surface area contributed by atoms with Gasteiger partial charge in [-0.25, -0.2) is 4.79 Å². The summed E-state index contributed by atoms with van der Waals surface area (Å²) < 4.78 is 4.92. The normalized spacial score (nSPS) is 16.3. The smallest absolute Gasteiger partial charge is 0.312 e. The second-order valence-electron chi connectivity index (χ2n) is 8.68. The number of hydrogen-bond acceptors (Lipinski definition) is 4. The van der Waals surface area contributed by atoms with Crippen LogP contribution in [0.3, 0.4) is 0 Å². The molecule has 0 unspecified atom stereocenters. The number of aryl methyl sites for hydroxylation is 3. The van der Waals surface area contributed by atoms with Crippen molar-refractivity contribution in [2.24, 2.45) is 13.0 Å². The molecule has 1 aliphatic heterocycles. The third-order valence-electron chi connectivity index (χ3n) is 6.23. The number of anilines is 2. The van der Waals surface area contributed by atoms with Crippen molar-refractivity contribution in [1.29, 1.82) is 0 Å². The monoisotopic (exact) mass is 409 g/mol. The van der Waals surface area contributed by atoms with Crippen LogP contribution >= 0.6 is 0 Å². The molecule has 0 saturated carbocycles. The highest BCUT2D eigenvalue weighted by Gasteiger charge is 2.29. The first-order valence-electron chi connectivity index (χ1n) is 10.9. The van der Waals surface area contributed by atoms with Crippen LogP contribution in [-0.4, -0.2) is 25.2 Å². The van der Waals surface area contributed by atoms with Crippen LogP contribution in [0.2, 0.25) is 0 Å². The van der Waals surface area contributed by atoms with Gasteiger partial charge in [0.25, 0.3) is 5.56 Å². The van der Waals surface area contributed by atoms with Gasteiger partial charge in [-0.2, -0.15) is 4.98 Å². The predicted octanol–water partition coefficient (Wildman–Crippen LogP) is 3.49. The zero-order valence-electron chi connectivity index (χ0n) is 18.6. The van der Waals surface area contributed by atoms with Crippen LogP contribution in [0, 0.1) is 19.8 Å². The van der Waals surface area contributed by atoms with E-state index in [4.69, 9.17) is 4.98 Å². The average molecular weight is 410 g/mol. The number of fused-ring (bicyclic) bond motifs is 3. The largest absolute Gasteiger partial charge is 0.332 e. The van der Waals surface area contributed by atoms with E-state index >= 15 is 0 Å². The van der Waals surface area contributed by atoms with Gasteiger partial charge in [-0.05, 0) is 49.4 Å². The molecule has 2 aromatic heterocycles. The van der Waals surface area contributed by atoms with Crippen LogP contribution in [0.1, 0.15) is 44.2 Å². The minimum Gasteiger partial charge on any atom is -0.312 e. The summed E-state index contributed by atoms with van der Waals surface area (Å²) in [5.41, 5.74) is 4.02. The number of unbranched alkanes of at least 4 members (excludes halogenated alkanes) is 2. The first kappa shape index (κ1) is 20.4. The standard InChI is InChI=1S/C23H31N5O2/c1-6-7-8-11-26-21(29)19-20(25(5)23(26)30)24-22-27(13-15(2)14-28(19)22)18-10-9-16(3)17(4)12-18/h9-10,12,15H,6-8,11,13-14H2,1-5H3/t15-/m0/s1. The zero-order valence-corrected chi connectivity index (χ0v) is 18.6. The SMILES string of the molecule is CCCCCn1c(=O)c2c(nc3n2C[C@@H](C)CN3c2ccc(C)c(C)c2)n(C)c1=O. The van der Waals surface area contributed by atoms with E-state index in [1.54, 1.807) is 7.05 Å². The molecule has 4 rings (SSSR count). The number of hydrogen-bond donors (Lipinski definition) is 0. The Bertz CT molecular complexity index is 1220. The molecule has 0 N–H and O–H groups in total. The number of nitrogens with zero attached hydrogens (tertiary/aromatic N) is 5. The molecule has 0 spiro atoms. The number of aromatic nitrogens is 4. The Balaban J connectivity index is 1.92. The molecule has 1 atom stereocenters. The summed E-state index contributed by atoms with van der Waals surface area (Å²) in [5.74, 6) is 1.09. The van der Waals surface area contributed by atoms with Gasteiger partial charge in [0.2, 0.25) is 5.95 Å². The van der Waals surface area contributed by atoms with Crippen molar-refractivity contribution >= 4 is 22.8 Å².